The van der Waals surface area contributed by atoms with E-state index in [9.17, 15) is 19.4 Å². The molecular weight excluding hydrogens is 320 g/mol. The van der Waals surface area contributed by atoms with E-state index < -0.39 is 11.8 Å². The number of rotatable bonds is 7. The SMILES string of the molecule is O=C([O-])CCCCN=C(c1ccccc1)c1cc(F)ccc1O.[Na+]. The molecule has 6 heteroatoms. The van der Waals surface area contributed by atoms with Crippen LogP contribution in [0.15, 0.2) is 53.5 Å². The summed E-state index contributed by atoms with van der Waals surface area (Å²) in [4.78, 5) is 14.8. The minimum absolute atomic E-state index is 0. The number of nitrogens with zero attached hydrogens (tertiary/aromatic N) is 1. The molecule has 4 nitrogen and oxygen atoms in total. The Morgan fingerprint density at radius 3 is 2.50 bits per heavy atom. The number of carboxylic acid groups (broad SMARTS) is 1. The van der Waals surface area contributed by atoms with Crippen LogP contribution in [0.3, 0.4) is 0 Å². The zero-order chi connectivity index (χ0) is 16.7. The molecule has 0 aliphatic rings. The van der Waals surface area contributed by atoms with Crippen molar-refractivity contribution < 1.29 is 49.0 Å². The smallest absolute Gasteiger partial charge is 0.550 e. The molecule has 0 atom stereocenters. The van der Waals surface area contributed by atoms with Gasteiger partial charge in [0.2, 0.25) is 0 Å². The van der Waals surface area contributed by atoms with Crippen LogP contribution in [-0.4, -0.2) is 23.3 Å². The van der Waals surface area contributed by atoms with Crippen LogP contribution in [0.5, 0.6) is 5.75 Å². The molecule has 0 heterocycles. The van der Waals surface area contributed by atoms with E-state index >= 15 is 0 Å². The molecule has 0 aliphatic carbocycles. The summed E-state index contributed by atoms with van der Waals surface area (Å²) in [5, 5.41) is 20.4. The molecule has 2 aromatic carbocycles. The van der Waals surface area contributed by atoms with E-state index in [0.29, 0.717) is 30.7 Å². The van der Waals surface area contributed by atoms with E-state index in [1.807, 2.05) is 30.3 Å². The van der Waals surface area contributed by atoms with E-state index in [4.69, 9.17) is 0 Å². The molecular formula is C18H17FNNaO3. The Bertz CT molecular complexity index is 705. The fourth-order valence-corrected chi connectivity index (χ4v) is 2.20. The Hall–Kier alpha value is -1.69. The quantitative estimate of drug-likeness (QED) is 0.412. The maximum Gasteiger partial charge on any atom is 1.00 e. The summed E-state index contributed by atoms with van der Waals surface area (Å²) in [6.45, 7) is 0.382. The molecule has 120 valence electrons. The number of aliphatic carboxylic acids is 1. The molecule has 0 amide bonds. The molecule has 0 saturated heterocycles. The first kappa shape index (κ1) is 20.4. The van der Waals surface area contributed by atoms with Crippen molar-refractivity contribution in [1.82, 2.24) is 0 Å². The molecule has 24 heavy (non-hydrogen) atoms. The molecule has 0 unspecified atom stereocenters. The number of aromatic hydroxyl groups is 1. The van der Waals surface area contributed by atoms with E-state index in [1.165, 1.54) is 18.2 Å². The van der Waals surface area contributed by atoms with Crippen LogP contribution in [0.4, 0.5) is 4.39 Å². The molecule has 2 rings (SSSR count). The minimum Gasteiger partial charge on any atom is -0.550 e. The van der Waals surface area contributed by atoms with Gasteiger partial charge in [0.1, 0.15) is 11.6 Å². The van der Waals surface area contributed by atoms with E-state index in [1.54, 1.807) is 0 Å². The second-order valence-electron chi connectivity index (χ2n) is 5.09. The zero-order valence-electron chi connectivity index (χ0n) is 13.5. The van der Waals surface area contributed by atoms with Gasteiger partial charge in [0.05, 0.1) is 5.71 Å². The van der Waals surface area contributed by atoms with Crippen LogP contribution in [-0.2, 0) is 4.79 Å². The van der Waals surface area contributed by atoms with Gasteiger partial charge in [0.15, 0.2) is 0 Å². The first-order valence-electron chi connectivity index (χ1n) is 7.36. The predicted molar refractivity (Wildman–Crippen MR) is 83.9 cm³/mol. The van der Waals surface area contributed by atoms with Crippen molar-refractivity contribution in [3.05, 3.63) is 65.5 Å². The largest absolute Gasteiger partial charge is 1.00 e. The third kappa shape index (κ3) is 6.07. The first-order valence-corrected chi connectivity index (χ1v) is 7.36. The fourth-order valence-electron chi connectivity index (χ4n) is 2.20. The van der Waals surface area contributed by atoms with Gasteiger partial charge in [-0.25, -0.2) is 4.39 Å². The van der Waals surface area contributed by atoms with Gasteiger partial charge < -0.3 is 15.0 Å². The number of phenols is 1. The van der Waals surface area contributed by atoms with Crippen LogP contribution >= 0.6 is 0 Å². The summed E-state index contributed by atoms with van der Waals surface area (Å²) in [7, 11) is 0. The van der Waals surface area contributed by atoms with Crippen LogP contribution < -0.4 is 34.7 Å². The van der Waals surface area contributed by atoms with Gasteiger partial charge in [0.25, 0.3) is 0 Å². The van der Waals surface area contributed by atoms with Gasteiger partial charge in [0, 0.05) is 23.6 Å². The number of hydrogen-bond donors (Lipinski definition) is 1. The van der Waals surface area contributed by atoms with Gasteiger partial charge in [-0.15, -0.1) is 0 Å². The Labute approximate surface area is 162 Å². The summed E-state index contributed by atoms with van der Waals surface area (Å²) in [6.07, 6.45) is 1.02. The Kier molecular flexibility index (Phi) is 8.68. The minimum atomic E-state index is -1.08. The average Bonchev–Trinajstić information content (AvgIpc) is 2.54. The number of unbranched alkanes of at least 4 members (excludes halogenated alkanes) is 1. The molecule has 1 N–H and O–H groups in total. The molecule has 0 aliphatic heterocycles. The third-order valence-corrected chi connectivity index (χ3v) is 3.32. The summed E-state index contributed by atoms with van der Waals surface area (Å²) in [5.41, 5.74) is 1.56. The van der Waals surface area contributed by atoms with Crippen molar-refractivity contribution >= 4 is 11.7 Å². The van der Waals surface area contributed by atoms with Crippen molar-refractivity contribution in [2.75, 3.05) is 6.54 Å². The predicted octanol–water partition coefficient (Wildman–Crippen LogP) is -0.707. The average molecular weight is 337 g/mol. The van der Waals surface area contributed by atoms with Crippen molar-refractivity contribution in [1.29, 1.82) is 0 Å². The standard InChI is InChI=1S/C18H18FNO3.Na/c19-14-9-10-16(21)15(12-14)18(13-6-2-1-3-7-13)20-11-5-4-8-17(22)23;/h1-3,6-7,9-10,12,21H,4-5,8,11H2,(H,22,23);/q;+1/p-1. The van der Waals surface area contributed by atoms with Gasteiger partial charge >= 0.3 is 29.6 Å². The van der Waals surface area contributed by atoms with Crippen LogP contribution in [0.2, 0.25) is 0 Å². The Morgan fingerprint density at radius 2 is 1.83 bits per heavy atom. The summed E-state index contributed by atoms with van der Waals surface area (Å²) in [6, 6.07) is 12.9. The first-order chi connectivity index (χ1) is 11.1. The topological polar surface area (TPSA) is 72.7 Å². The molecule has 0 spiro atoms. The van der Waals surface area contributed by atoms with Gasteiger partial charge in [-0.05, 0) is 37.5 Å². The van der Waals surface area contributed by atoms with E-state index in [2.05, 4.69) is 4.99 Å². The number of carbonyl (C=O) groups is 1. The summed E-state index contributed by atoms with van der Waals surface area (Å²) in [5.74, 6) is -1.60. The van der Waals surface area contributed by atoms with Crippen molar-refractivity contribution in [3.63, 3.8) is 0 Å². The van der Waals surface area contributed by atoms with Crippen LogP contribution in [0.1, 0.15) is 30.4 Å². The Morgan fingerprint density at radius 1 is 1.12 bits per heavy atom. The van der Waals surface area contributed by atoms with Gasteiger partial charge in [-0.1, -0.05) is 30.3 Å². The maximum absolute atomic E-state index is 13.5. The molecule has 0 saturated carbocycles. The Balaban J connectivity index is 0.00000288. The molecule has 0 bridgehead atoms. The summed E-state index contributed by atoms with van der Waals surface area (Å²) >= 11 is 0. The van der Waals surface area contributed by atoms with Gasteiger partial charge in [-0.2, -0.15) is 0 Å². The monoisotopic (exact) mass is 337 g/mol. The normalized spacial score (nSPS) is 11.0. The number of hydrogen-bond acceptors (Lipinski definition) is 4. The van der Waals surface area contributed by atoms with E-state index in [-0.39, 0.29) is 41.7 Å². The van der Waals surface area contributed by atoms with Crippen LogP contribution in [0.25, 0.3) is 0 Å². The van der Waals surface area contributed by atoms with Crippen molar-refractivity contribution in [2.45, 2.75) is 19.3 Å². The number of benzene rings is 2. The summed E-state index contributed by atoms with van der Waals surface area (Å²) < 4.78 is 13.5. The third-order valence-electron chi connectivity index (χ3n) is 3.32. The number of halogens is 1. The molecule has 2 aromatic rings. The van der Waals surface area contributed by atoms with Crippen molar-refractivity contribution in [3.8, 4) is 5.75 Å². The molecule has 0 fully saturated rings. The number of carbonyl (C=O) groups excluding carboxylic acids is 1. The molecule has 0 radical (unpaired) electrons. The second-order valence-corrected chi connectivity index (χ2v) is 5.09. The number of aliphatic imine (C=N–C) groups is 1. The van der Waals surface area contributed by atoms with Gasteiger partial charge in [-0.3, -0.25) is 4.99 Å². The maximum atomic E-state index is 13.5. The number of phenolic OH excluding ortho intramolecular Hbond substituents is 1. The van der Waals surface area contributed by atoms with E-state index in [0.717, 1.165) is 5.56 Å². The number of carboxylic acids is 1. The zero-order valence-corrected chi connectivity index (χ0v) is 15.5. The van der Waals surface area contributed by atoms with Crippen molar-refractivity contribution in [2.24, 2.45) is 4.99 Å². The van der Waals surface area contributed by atoms with Crippen LogP contribution in [0, 0.1) is 5.82 Å². The molecule has 0 aromatic heterocycles. The second kappa shape index (κ2) is 10.2. The fraction of sp³-hybridized carbons (Fsp3) is 0.222.